The number of unbranched alkanes of at least 4 members (excludes halogenated alkanes) is 1. The lowest BCUT2D eigenvalue weighted by Crippen LogP contribution is -2.39. The Morgan fingerprint density at radius 2 is 2.00 bits per heavy atom. The molecule has 0 N–H and O–H groups in total. The Labute approximate surface area is 136 Å². The van der Waals surface area contributed by atoms with Crippen LogP contribution in [0, 0.1) is 0 Å². The van der Waals surface area contributed by atoms with Gasteiger partial charge in [0, 0.05) is 12.6 Å². The average molecular weight is 378 g/mol. The zero-order chi connectivity index (χ0) is 16.0. The number of benzene rings is 1. The molecule has 0 aromatic heterocycles. The van der Waals surface area contributed by atoms with Crippen LogP contribution in [0.25, 0.3) is 0 Å². The van der Waals surface area contributed by atoms with Crippen LogP contribution in [-0.4, -0.2) is 32.4 Å². The summed E-state index contributed by atoms with van der Waals surface area (Å²) in [4.78, 5) is 0.298. The summed E-state index contributed by atoms with van der Waals surface area (Å²) in [6.45, 7) is 6.57. The second kappa shape index (κ2) is 8.15. The number of rotatable bonds is 8. The fraction of sp³-hybridized carbons (Fsp3) is 0.600. The van der Waals surface area contributed by atoms with Crippen LogP contribution in [0.2, 0.25) is 0 Å². The predicted octanol–water partition coefficient (Wildman–Crippen LogP) is 4.05. The minimum atomic E-state index is -3.48. The molecule has 0 radical (unpaired) electrons. The van der Waals surface area contributed by atoms with Crippen molar-refractivity contribution in [2.75, 3.05) is 13.7 Å². The number of methoxy groups -OCH3 is 1. The van der Waals surface area contributed by atoms with E-state index in [0.29, 0.717) is 21.7 Å². The molecule has 120 valence electrons. The molecule has 0 saturated carbocycles. The van der Waals surface area contributed by atoms with E-state index in [9.17, 15) is 8.42 Å². The smallest absolute Gasteiger partial charge is 0.243 e. The first-order valence-corrected chi connectivity index (χ1v) is 9.47. The number of halogens is 1. The molecule has 0 spiro atoms. The summed E-state index contributed by atoms with van der Waals surface area (Å²) in [7, 11) is -1.93. The summed E-state index contributed by atoms with van der Waals surface area (Å²) in [6, 6.07) is 4.86. The van der Waals surface area contributed by atoms with Gasteiger partial charge in [0.25, 0.3) is 0 Å². The number of sulfonamides is 1. The van der Waals surface area contributed by atoms with Gasteiger partial charge in [-0.3, -0.25) is 0 Å². The Hall–Kier alpha value is -0.590. The molecular weight excluding hydrogens is 354 g/mol. The molecule has 1 aromatic carbocycles. The second-order valence-corrected chi connectivity index (χ2v) is 7.77. The highest BCUT2D eigenvalue weighted by molar-refractivity contribution is 9.10. The minimum Gasteiger partial charge on any atom is -0.496 e. The van der Waals surface area contributed by atoms with Gasteiger partial charge in [0.15, 0.2) is 0 Å². The molecule has 21 heavy (non-hydrogen) atoms. The Bertz CT molecular complexity index is 560. The van der Waals surface area contributed by atoms with Gasteiger partial charge in [-0.05, 0) is 53.9 Å². The van der Waals surface area contributed by atoms with E-state index < -0.39 is 10.0 Å². The molecule has 1 unspecified atom stereocenters. The topological polar surface area (TPSA) is 46.6 Å². The van der Waals surface area contributed by atoms with E-state index in [0.717, 1.165) is 19.3 Å². The minimum absolute atomic E-state index is 0.0116. The molecule has 4 nitrogen and oxygen atoms in total. The third-order valence-corrected chi connectivity index (χ3v) is 6.17. The van der Waals surface area contributed by atoms with Crippen molar-refractivity contribution in [1.82, 2.24) is 4.31 Å². The zero-order valence-electron chi connectivity index (χ0n) is 13.1. The lowest BCUT2D eigenvalue weighted by Gasteiger charge is -2.27. The Morgan fingerprint density at radius 1 is 1.33 bits per heavy atom. The van der Waals surface area contributed by atoms with E-state index in [1.54, 1.807) is 29.6 Å². The van der Waals surface area contributed by atoms with Crippen LogP contribution < -0.4 is 4.74 Å². The van der Waals surface area contributed by atoms with Gasteiger partial charge in [0.1, 0.15) is 5.75 Å². The fourth-order valence-corrected chi connectivity index (χ4v) is 4.50. The first kappa shape index (κ1) is 18.5. The molecule has 1 atom stereocenters. The third-order valence-electron chi connectivity index (χ3n) is 3.54. The molecule has 0 bridgehead atoms. The maximum Gasteiger partial charge on any atom is 0.243 e. The quantitative estimate of drug-likeness (QED) is 0.686. The van der Waals surface area contributed by atoms with Crippen LogP contribution in [0.4, 0.5) is 0 Å². The van der Waals surface area contributed by atoms with E-state index in [1.807, 2.05) is 13.8 Å². The van der Waals surface area contributed by atoms with Crippen LogP contribution >= 0.6 is 15.9 Å². The normalized spacial score (nSPS) is 13.4. The van der Waals surface area contributed by atoms with Crippen LogP contribution in [0.5, 0.6) is 5.75 Å². The summed E-state index contributed by atoms with van der Waals surface area (Å²) in [5, 5.41) is 0. The molecule has 0 aliphatic rings. The average Bonchev–Trinajstić information content (AvgIpc) is 2.46. The van der Waals surface area contributed by atoms with Crippen molar-refractivity contribution in [3.8, 4) is 5.75 Å². The first-order chi connectivity index (χ1) is 9.88. The van der Waals surface area contributed by atoms with Gasteiger partial charge in [0.2, 0.25) is 10.0 Å². The first-order valence-electron chi connectivity index (χ1n) is 7.23. The number of hydrogen-bond acceptors (Lipinski definition) is 3. The van der Waals surface area contributed by atoms with Crippen molar-refractivity contribution in [3.63, 3.8) is 0 Å². The van der Waals surface area contributed by atoms with Crippen LogP contribution in [0.3, 0.4) is 0 Å². The highest BCUT2D eigenvalue weighted by atomic mass is 79.9. The number of ether oxygens (including phenoxy) is 1. The van der Waals surface area contributed by atoms with Crippen molar-refractivity contribution in [2.45, 2.75) is 51.0 Å². The van der Waals surface area contributed by atoms with E-state index in [1.165, 1.54) is 0 Å². The van der Waals surface area contributed by atoms with Gasteiger partial charge in [-0.1, -0.05) is 20.3 Å². The highest BCUT2D eigenvalue weighted by Crippen LogP contribution is 2.29. The Morgan fingerprint density at radius 3 is 2.48 bits per heavy atom. The Kier molecular flexibility index (Phi) is 7.16. The van der Waals surface area contributed by atoms with Gasteiger partial charge in [0.05, 0.1) is 16.5 Å². The molecule has 6 heteroatoms. The largest absolute Gasteiger partial charge is 0.496 e. The van der Waals surface area contributed by atoms with Crippen molar-refractivity contribution in [3.05, 3.63) is 22.7 Å². The predicted molar refractivity (Wildman–Crippen MR) is 89.2 cm³/mol. The monoisotopic (exact) mass is 377 g/mol. The molecule has 0 saturated heterocycles. The molecule has 0 aliphatic carbocycles. The molecule has 1 rings (SSSR count). The van der Waals surface area contributed by atoms with Gasteiger partial charge >= 0.3 is 0 Å². The number of nitrogens with zero attached hydrogens (tertiary/aromatic N) is 1. The van der Waals surface area contributed by atoms with Crippen LogP contribution in [-0.2, 0) is 10.0 Å². The highest BCUT2D eigenvalue weighted by Gasteiger charge is 2.28. The molecule has 0 aliphatic heterocycles. The summed E-state index contributed by atoms with van der Waals surface area (Å²) < 4.78 is 33.1. The molecule has 1 aromatic rings. The second-order valence-electron chi connectivity index (χ2n) is 5.02. The van der Waals surface area contributed by atoms with Gasteiger partial charge < -0.3 is 4.74 Å². The third kappa shape index (κ3) is 4.44. The fourth-order valence-electron chi connectivity index (χ4n) is 2.04. The van der Waals surface area contributed by atoms with Crippen LogP contribution in [0.15, 0.2) is 27.6 Å². The van der Waals surface area contributed by atoms with Crippen LogP contribution in [0.1, 0.15) is 40.0 Å². The zero-order valence-corrected chi connectivity index (χ0v) is 15.5. The van der Waals surface area contributed by atoms with Crippen molar-refractivity contribution in [1.29, 1.82) is 0 Å². The SMILES string of the molecule is CCCCN(C(C)CC)S(=O)(=O)c1ccc(OC)c(Br)c1. The van der Waals surface area contributed by atoms with Gasteiger partial charge in [-0.25, -0.2) is 8.42 Å². The summed E-state index contributed by atoms with van der Waals surface area (Å²) >= 11 is 3.35. The van der Waals surface area contributed by atoms with E-state index in [4.69, 9.17) is 4.74 Å². The standard InChI is InChI=1S/C15H24BrNO3S/c1-5-7-10-17(12(3)6-2)21(18,19)13-8-9-15(20-4)14(16)11-13/h8-9,11-12H,5-7,10H2,1-4H3. The van der Waals surface area contributed by atoms with Gasteiger partial charge in [-0.2, -0.15) is 4.31 Å². The molecule has 0 fully saturated rings. The summed E-state index contributed by atoms with van der Waals surface area (Å²) in [6.07, 6.45) is 2.62. The summed E-state index contributed by atoms with van der Waals surface area (Å²) in [5.74, 6) is 0.623. The summed E-state index contributed by atoms with van der Waals surface area (Å²) in [5.41, 5.74) is 0. The maximum absolute atomic E-state index is 12.9. The molecule has 0 heterocycles. The van der Waals surface area contributed by atoms with Crippen molar-refractivity contribution < 1.29 is 13.2 Å². The van der Waals surface area contributed by atoms with E-state index in [-0.39, 0.29) is 6.04 Å². The lowest BCUT2D eigenvalue weighted by atomic mass is 10.2. The number of hydrogen-bond donors (Lipinski definition) is 0. The molecular formula is C15H24BrNO3S. The molecule has 0 amide bonds. The van der Waals surface area contributed by atoms with E-state index in [2.05, 4.69) is 22.9 Å². The van der Waals surface area contributed by atoms with Crippen molar-refractivity contribution >= 4 is 26.0 Å². The van der Waals surface area contributed by atoms with E-state index >= 15 is 0 Å². The Balaban J connectivity index is 3.18. The maximum atomic E-state index is 12.9. The lowest BCUT2D eigenvalue weighted by molar-refractivity contribution is 0.324. The van der Waals surface area contributed by atoms with Gasteiger partial charge in [-0.15, -0.1) is 0 Å². The van der Waals surface area contributed by atoms with Crippen molar-refractivity contribution in [2.24, 2.45) is 0 Å².